The van der Waals surface area contributed by atoms with Crippen molar-refractivity contribution in [2.24, 2.45) is 0 Å². The van der Waals surface area contributed by atoms with Gasteiger partial charge >= 0.3 is 0 Å². The van der Waals surface area contributed by atoms with E-state index in [1.54, 1.807) is 53.9 Å². The predicted molar refractivity (Wildman–Crippen MR) is 127 cm³/mol. The zero-order valence-electron chi connectivity index (χ0n) is 16.8. The Hall–Kier alpha value is -3.00. The van der Waals surface area contributed by atoms with Crippen molar-refractivity contribution in [2.75, 3.05) is 0 Å². The average Bonchev–Trinajstić information content (AvgIpc) is 3.44. The number of halogens is 2. The van der Waals surface area contributed by atoms with Gasteiger partial charge in [-0.1, -0.05) is 41.4 Å². The first kappa shape index (κ1) is 20.9. The third-order valence-electron chi connectivity index (χ3n) is 5.29. The van der Waals surface area contributed by atoms with E-state index in [-0.39, 0.29) is 15.6 Å². The fourth-order valence-electron chi connectivity index (χ4n) is 3.60. The van der Waals surface area contributed by atoms with Crippen LogP contribution in [0.1, 0.15) is 5.56 Å². The number of nitrogens with zero attached hydrogens (tertiary/aromatic N) is 2. The highest BCUT2D eigenvalue weighted by Gasteiger charge is 2.24. The van der Waals surface area contributed by atoms with Crippen LogP contribution in [0, 0.1) is 12.7 Å². The van der Waals surface area contributed by atoms with E-state index >= 15 is 0 Å². The molecule has 8 heteroatoms. The number of benzene rings is 2. The van der Waals surface area contributed by atoms with E-state index in [4.69, 9.17) is 11.6 Å². The molecule has 0 aliphatic heterocycles. The van der Waals surface area contributed by atoms with E-state index in [2.05, 4.69) is 4.98 Å². The second-order valence-electron chi connectivity index (χ2n) is 7.37. The van der Waals surface area contributed by atoms with Crippen LogP contribution in [0.15, 0.2) is 82.6 Å². The topological polar surface area (TPSA) is 52.0 Å². The van der Waals surface area contributed by atoms with Gasteiger partial charge in [-0.25, -0.2) is 21.8 Å². The predicted octanol–water partition coefficient (Wildman–Crippen LogP) is 6.77. The number of aryl methyl sites for hydroxylation is 1. The highest BCUT2D eigenvalue weighted by atomic mass is 35.5. The monoisotopic (exact) mass is 482 g/mol. The van der Waals surface area contributed by atoms with Crippen LogP contribution in [0.5, 0.6) is 0 Å². The normalized spacial score (nSPS) is 11.8. The Morgan fingerprint density at radius 1 is 1.03 bits per heavy atom. The Morgan fingerprint density at radius 3 is 2.53 bits per heavy atom. The van der Waals surface area contributed by atoms with Gasteiger partial charge in [-0.2, -0.15) is 11.3 Å². The number of aromatic nitrogens is 2. The number of hydrogen-bond donors (Lipinski definition) is 0. The Morgan fingerprint density at radius 2 is 1.81 bits per heavy atom. The molecule has 0 bridgehead atoms. The fourth-order valence-corrected chi connectivity index (χ4v) is 5.82. The Balaban J connectivity index is 1.81. The molecule has 3 heterocycles. The van der Waals surface area contributed by atoms with Gasteiger partial charge in [0.2, 0.25) is 0 Å². The van der Waals surface area contributed by atoms with Crippen molar-refractivity contribution in [1.29, 1.82) is 0 Å². The minimum Gasteiger partial charge on any atom is -0.237 e. The first-order chi connectivity index (χ1) is 15.4. The molecule has 0 spiro atoms. The molecule has 0 N–H and O–H groups in total. The number of thiophene rings is 1. The summed E-state index contributed by atoms with van der Waals surface area (Å²) >= 11 is 7.83. The van der Waals surface area contributed by atoms with E-state index in [9.17, 15) is 12.8 Å². The van der Waals surface area contributed by atoms with Crippen molar-refractivity contribution in [3.63, 3.8) is 0 Å². The molecule has 32 heavy (non-hydrogen) atoms. The van der Waals surface area contributed by atoms with Crippen molar-refractivity contribution in [3.8, 4) is 22.3 Å². The summed E-state index contributed by atoms with van der Waals surface area (Å²) in [6.07, 6.45) is 3.10. The molecule has 0 aliphatic rings. The molecule has 0 atom stereocenters. The summed E-state index contributed by atoms with van der Waals surface area (Å²) in [6.45, 7) is 1.89. The maximum Gasteiger partial charge on any atom is 0.269 e. The third kappa shape index (κ3) is 3.43. The van der Waals surface area contributed by atoms with Crippen LogP contribution in [-0.4, -0.2) is 17.4 Å². The minimum atomic E-state index is -3.94. The Labute approximate surface area is 193 Å². The molecule has 5 rings (SSSR count). The molecule has 160 valence electrons. The van der Waals surface area contributed by atoms with Crippen molar-refractivity contribution < 1.29 is 12.8 Å². The standard InChI is InChI=1S/C24H16ClFN2O2S2/c1-15-5-7-18(8-6-15)32(29,30)28-13-21(19-3-2-4-22(26)23(19)25)20-11-17(12-27-24(20)28)16-9-10-31-14-16/h2-14H,1H3. The molecule has 0 aliphatic carbocycles. The lowest BCUT2D eigenvalue weighted by atomic mass is 10.0. The molecular formula is C24H16ClFN2O2S2. The lowest BCUT2D eigenvalue weighted by molar-refractivity contribution is 0.589. The van der Waals surface area contributed by atoms with Gasteiger partial charge in [-0.05, 0) is 53.6 Å². The van der Waals surface area contributed by atoms with Gasteiger partial charge in [-0.3, -0.25) is 0 Å². The van der Waals surface area contributed by atoms with Gasteiger partial charge in [0.25, 0.3) is 10.0 Å². The molecular weight excluding hydrogens is 467 g/mol. The van der Waals surface area contributed by atoms with Gasteiger partial charge in [0.15, 0.2) is 5.65 Å². The van der Waals surface area contributed by atoms with Gasteiger partial charge in [0.1, 0.15) is 5.82 Å². The van der Waals surface area contributed by atoms with Crippen molar-refractivity contribution in [3.05, 3.63) is 94.2 Å². The van der Waals surface area contributed by atoms with Gasteiger partial charge in [-0.15, -0.1) is 0 Å². The van der Waals surface area contributed by atoms with Gasteiger partial charge < -0.3 is 0 Å². The maximum atomic E-state index is 14.2. The molecule has 4 nitrogen and oxygen atoms in total. The molecule has 0 radical (unpaired) electrons. The van der Waals surface area contributed by atoms with Crippen LogP contribution < -0.4 is 0 Å². The summed E-state index contributed by atoms with van der Waals surface area (Å²) in [5.41, 5.74) is 3.89. The van der Waals surface area contributed by atoms with Crippen molar-refractivity contribution >= 4 is 44.0 Å². The SMILES string of the molecule is Cc1ccc(S(=O)(=O)n2cc(-c3cccc(F)c3Cl)c3cc(-c4ccsc4)cnc32)cc1. The lowest BCUT2D eigenvalue weighted by Crippen LogP contribution is -2.12. The van der Waals surface area contributed by atoms with E-state index < -0.39 is 15.8 Å². The first-order valence-electron chi connectivity index (χ1n) is 9.66. The van der Waals surface area contributed by atoms with Crippen LogP contribution >= 0.6 is 22.9 Å². The average molecular weight is 483 g/mol. The van der Waals surface area contributed by atoms with E-state index in [1.165, 1.54) is 12.3 Å². The summed E-state index contributed by atoms with van der Waals surface area (Å²) < 4.78 is 42.4. The van der Waals surface area contributed by atoms with Crippen LogP contribution in [-0.2, 0) is 10.0 Å². The van der Waals surface area contributed by atoms with E-state index in [0.717, 1.165) is 20.7 Å². The Kier molecular flexibility index (Phi) is 5.12. The zero-order chi connectivity index (χ0) is 22.5. The zero-order valence-corrected chi connectivity index (χ0v) is 19.2. The number of pyridine rings is 1. The molecule has 3 aromatic heterocycles. The summed E-state index contributed by atoms with van der Waals surface area (Å²) in [5, 5.41) is 4.44. The van der Waals surface area contributed by atoms with Crippen LogP contribution in [0.4, 0.5) is 4.39 Å². The van der Waals surface area contributed by atoms with Crippen molar-refractivity contribution in [2.45, 2.75) is 11.8 Å². The smallest absolute Gasteiger partial charge is 0.237 e. The molecule has 0 fully saturated rings. The fraction of sp³-hybridized carbons (Fsp3) is 0.0417. The maximum absolute atomic E-state index is 14.2. The van der Waals surface area contributed by atoms with Crippen LogP contribution in [0.2, 0.25) is 5.02 Å². The second-order valence-corrected chi connectivity index (χ2v) is 10.3. The van der Waals surface area contributed by atoms with Crippen LogP contribution in [0.3, 0.4) is 0 Å². The second kappa shape index (κ2) is 7.85. The molecule has 0 saturated heterocycles. The largest absolute Gasteiger partial charge is 0.269 e. The molecule has 5 aromatic rings. The highest BCUT2D eigenvalue weighted by molar-refractivity contribution is 7.90. The summed E-state index contributed by atoms with van der Waals surface area (Å²) in [6, 6.07) is 14.9. The highest BCUT2D eigenvalue weighted by Crippen LogP contribution is 2.38. The van der Waals surface area contributed by atoms with E-state index in [0.29, 0.717) is 16.5 Å². The van der Waals surface area contributed by atoms with Gasteiger partial charge in [0.05, 0.1) is 9.92 Å². The number of fused-ring (bicyclic) bond motifs is 1. The van der Waals surface area contributed by atoms with Crippen molar-refractivity contribution in [1.82, 2.24) is 8.96 Å². The third-order valence-corrected chi connectivity index (χ3v) is 8.02. The molecule has 0 amide bonds. The number of rotatable bonds is 4. The molecule has 0 saturated carbocycles. The first-order valence-corrected chi connectivity index (χ1v) is 12.4. The quantitative estimate of drug-likeness (QED) is 0.284. The molecule has 2 aromatic carbocycles. The molecule has 0 unspecified atom stereocenters. The summed E-state index contributed by atoms with van der Waals surface area (Å²) in [7, 11) is -3.94. The van der Waals surface area contributed by atoms with E-state index in [1.807, 2.05) is 29.8 Å². The Bertz CT molecular complexity index is 1560. The number of hydrogen-bond acceptors (Lipinski definition) is 4. The lowest BCUT2D eigenvalue weighted by Gasteiger charge is -2.07. The van der Waals surface area contributed by atoms with Gasteiger partial charge in [0, 0.05) is 34.5 Å². The van der Waals surface area contributed by atoms with Crippen LogP contribution in [0.25, 0.3) is 33.3 Å². The minimum absolute atomic E-state index is 0.0692. The summed E-state index contributed by atoms with van der Waals surface area (Å²) in [4.78, 5) is 4.64. The summed E-state index contributed by atoms with van der Waals surface area (Å²) in [5.74, 6) is -0.576.